The first-order valence-corrected chi connectivity index (χ1v) is 14.3. The van der Waals surface area contributed by atoms with Crippen molar-refractivity contribution >= 4 is 6.41 Å². The Bertz CT molecular complexity index is 690. The Morgan fingerprint density at radius 3 is 1.44 bits per heavy atom. The first-order valence-electron chi connectivity index (χ1n) is 7.96. The number of unbranched alkanes of at least 4 members (excludes halogenated alkanes) is 1. The molecule has 10 fully saturated rings. The van der Waals surface area contributed by atoms with Crippen molar-refractivity contribution in [3.63, 3.8) is 0 Å². The van der Waals surface area contributed by atoms with Crippen molar-refractivity contribution in [2.75, 3.05) is 6.54 Å². The van der Waals surface area contributed by atoms with Gasteiger partial charge >= 0.3 is 54.7 Å². The molecule has 100 valence electrons. The van der Waals surface area contributed by atoms with Gasteiger partial charge in [0, 0.05) is 6.54 Å². The van der Waals surface area contributed by atoms with Crippen molar-refractivity contribution in [1.82, 2.24) is 5.32 Å². The van der Waals surface area contributed by atoms with Crippen molar-refractivity contribution in [3.8, 4) is 0 Å². The Hall–Kier alpha value is -0.0105. The van der Waals surface area contributed by atoms with Gasteiger partial charge in [0.25, 0.3) is 0 Å². The van der Waals surface area contributed by atoms with Crippen LogP contribution in [-0.4, -0.2) is 13.0 Å². The number of amides is 1. The fourth-order valence-corrected chi connectivity index (χ4v) is 88.3. The average molecular weight is 287 g/mol. The van der Waals surface area contributed by atoms with Gasteiger partial charge in [-0.3, -0.25) is 4.79 Å². The number of carbonyl (C=O) groups is 1. The van der Waals surface area contributed by atoms with Crippen LogP contribution in [-0.2, 0) is 11.3 Å². The number of hydrogen-bond acceptors (Lipinski definition) is 1. The van der Waals surface area contributed by atoms with Crippen LogP contribution in [0.4, 0.5) is 0 Å². The maximum absolute atomic E-state index is 9.57. The summed E-state index contributed by atoms with van der Waals surface area (Å²) in [5, 5.41) is 2.57. The second kappa shape index (κ2) is 0.679. The average Bonchev–Trinajstić information content (AvgIpc) is 3.32. The predicted molar refractivity (Wildman–Crippen MR) is 66.5 cm³/mol. The Kier molecular flexibility index (Phi) is 0.290. The normalized spacial score (nSPS) is 108. The summed E-state index contributed by atoms with van der Waals surface area (Å²) in [4.78, 5) is 25.5. The molecule has 10 saturated heterocycles. The van der Waals surface area contributed by atoms with Crippen LogP contribution < -0.4 is 5.32 Å². The van der Waals surface area contributed by atoms with Crippen molar-refractivity contribution in [1.29, 1.82) is 0 Å². The summed E-state index contributed by atoms with van der Waals surface area (Å²) in [5.74, 6) is 0. The summed E-state index contributed by atoms with van der Waals surface area (Å²) >= 11 is 0. The minimum atomic E-state index is -2.28. The Labute approximate surface area is 97.6 Å². The van der Waals surface area contributed by atoms with Gasteiger partial charge in [0.15, 0.2) is 0 Å². The summed E-state index contributed by atoms with van der Waals surface area (Å²) in [6, 6.07) is 0. The Morgan fingerprint density at radius 1 is 0.889 bits per heavy atom. The van der Waals surface area contributed by atoms with E-state index in [2.05, 4.69) is 12.2 Å². The topological polar surface area (TPSA) is 29.1 Å². The number of fused-ring (bicyclic) bond motifs is 10. The molecule has 0 aromatic rings. The molecule has 2 nitrogen and oxygen atoms in total. The molecule has 0 bridgehead atoms. The molecule has 0 atom stereocenters. The van der Waals surface area contributed by atoms with E-state index in [1.807, 2.05) is 0 Å². The zero-order chi connectivity index (χ0) is 11.6. The maximum atomic E-state index is 9.57. The van der Waals surface area contributed by atoms with Crippen LogP contribution in [0.15, 0.2) is 0 Å². The van der Waals surface area contributed by atoms with Crippen LogP contribution in [0.3, 0.4) is 0 Å². The van der Waals surface area contributed by atoms with E-state index in [1.165, 1.54) is 0 Å². The van der Waals surface area contributed by atoms with Crippen LogP contribution in [0.1, 0.15) is 19.8 Å². The fourth-order valence-electron chi connectivity index (χ4n) is 16.2. The van der Waals surface area contributed by atoms with E-state index in [0.717, 1.165) is 25.8 Å². The summed E-state index contributed by atoms with van der Waals surface area (Å²) in [7, 11) is 0. The minimum absolute atomic E-state index is 0.732. The number of rotatable bonds is 4. The molecule has 10 aliphatic heterocycles. The van der Waals surface area contributed by atoms with Gasteiger partial charge < -0.3 is 5.32 Å². The molecule has 1 spiro atoms. The number of nitrogens with one attached hydrogen (secondary N) is 1. The molecule has 0 radical (unpaired) electrons. The Balaban J connectivity index is 0.0000000885. The van der Waals surface area contributed by atoms with Gasteiger partial charge in [-0.25, -0.2) is 0 Å². The third-order valence-electron chi connectivity index (χ3n) is 15.3. The van der Waals surface area contributed by atoms with Crippen LogP contribution in [0.2, 0.25) is 48.2 Å². The molecule has 0 unspecified atom stereocenters. The van der Waals surface area contributed by atoms with E-state index in [-0.39, 0.29) is 0 Å². The summed E-state index contributed by atoms with van der Waals surface area (Å²) in [6.07, 6.45) is 2.95. The summed E-state index contributed by atoms with van der Waals surface area (Å²) in [6.45, 7) is 0.626. The molecule has 0 aliphatic carbocycles. The zero-order valence-electron chi connectivity index (χ0n) is 10.7. The van der Waals surface area contributed by atoms with E-state index in [1.54, 1.807) is 48.2 Å². The summed E-state index contributed by atoms with van der Waals surface area (Å²) in [5.41, 5.74) is 0. The quantitative estimate of drug-likeness (QED) is 0.474. The van der Waals surface area contributed by atoms with Crippen molar-refractivity contribution < 1.29 is 11.3 Å². The van der Waals surface area contributed by atoms with Gasteiger partial charge in [-0.15, -0.1) is 0 Å². The third-order valence-corrected chi connectivity index (χ3v) is 57.2. The van der Waals surface area contributed by atoms with Crippen LogP contribution >= 0.6 is 0 Å². The van der Waals surface area contributed by atoms with Crippen LogP contribution in [0.5, 0.6) is 0 Å². The summed E-state index contributed by atoms with van der Waals surface area (Å²) < 4.78 is 0. The van der Waals surface area contributed by atoms with Gasteiger partial charge in [0.2, 0.25) is 6.41 Å². The van der Waals surface area contributed by atoms with Gasteiger partial charge in [0.05, 0.1) is 0 Å². The molecule has 1 N–H and O–H groups in total. The number of hydrogen-bond donors (Lipinski definition) is 1. The monoisotopic (exact) mass is 287 g/mol. The van der Waals surface area contributed by atoms with Gasteiger partial charge in [-0.05, 0) is 6.42 Å². The predicted octanol–water partition coefficient (Wildman–Crippen LogP) is 3.91. The van der Waals surface area contributed by atoms with E-state index in [0.29, 0.717) is 0 Å². The van der Waals surface area contributed by atoms with Gasteiger partial charge in [0.1, 0.15) is 0 Å². The zero-order valence-corrected chi connectivity index (χ0v) is 11.8. The van der Waals surface area contributed by atoms with Gasteiger partial charge in [-0.2, -0.15) is 0 Å². The SMILES string of the molecule is CCCCNC=O.[CH]12[CH]3[CH]4[CH]5[CH]1[Fe]23451678[CH]2[CH]1[CH]6[CH]7[CH]28. The molecule has 1 amide bonds. The molecule has 10 aliphatic rings. The molecular weight excluding hydrogens is 266 g/mol. The van der Waals surface area contributed by atoms with E-state index in [9.17, 15) is 4.79 Å². The van der Waals surface area contributed by atoms with Crippen LogP contribution in [0.25, 0.3) is 0 Å². The second-order valence-corrected chi connectivity index (χ2v) is 34.9. The van der Waals surface area contributed by atoms with E-state index in [4.69, 9.17) is 0 Å². The number of carbonyl (C=O) groups excluding carboxylic acids is 1. The second-order valence-electron chi connectivity index (χ2n) is 11.0. The van der Waals surface area contributed by atoms with Crippen molar-refractivity contribution in [2.24, 2.45) is 0 Å². The van der Waals surface area contributed by atoms with Crippen molar-refractivity contribution in [2.45, 2.75) is 67.9 Å². The van der Waals surface area contributed by atoms with Crippen LogP contribution in [0, 0.1) is 0 Å². The van der Waals surface area contributed by atoms with E-state index >= 15 is 0 Å². The van der Waals surface area contributed by atoms with E-state index < -0.39 is 6.51 Å². The third kappa shape index (κ3) is 0.0863. The standard InChI is InChI=1S/C5H11NO.2C5H5.Fe/c1-2-3-4-6-5-7;2*1-2-4-5-3-1;/h5H,2-4H2,1H3,(H,6,7);2*1-5H;. The van der Waals surface area contributed by atoms with Gasteiger partial charge in [-0.1, -0.05) is 13.3 Å². The Morgan fingerprint density at radius 2 is 1.28 bits per heavy atom. The first-order chi connectivity index (χ1) is 8.57. The van der Waals surface area contributed by atoms with Crippen molar-refractivity contribution in [3.05, 3.63) is 0 Å². The molecule has 0 aromatic heterocycles. The molecule has 10 rings (SSSR count). The molecule has 0 aromatic carbocycles. The fraction of sp³-hybridized carbons (Fsp3) is 0.933. The molecular formula is C15H21FeNO. The molecule has 3 heteroatoms. The first kappa shape index (κ1) is 7.69. The molecule has 0 saturated carbocycles. The molecule has 10 heterocycles. The molecule has 18 heavy (non-hydrogen) atoms.